The number of aryl methyl sites for hydroxylation is 1. The molecule has 0 bridgehead atoms. The van der Waals surface area contributed by atoms with Crippen LogP contribution in [-0.4, -0.2) is 36.6 Å². The van der Waals surface area contributed by atoms with E-state index in [0.29, 0.717) is 17.4 Å². The average Bonchev–Trinajstić information content (AvgIpc) is 3.00. The van der Waals surface area contributed by atoms with Crippen molar-refractivity contribution in [3.05, 3.63) is 23.8 Å². The number of nitrogens with zero attached hydrogens (tertiary/aromatic N) is 1. The Morgan fingerprint density at radius 2 is 2.04 bits per heavy atom. The molecule has 2 unspecified atom stereocenters. The summed E-state index contributed by atoms with van der Waals surface area (Å²) in [5, 5.41) is 0. The normalized spacial score (nSPS) is 28.1. The van der Waals surface area contributed by atoms with E-state index in [9.17, 15) is 13.6 Å². The zero-order valence-corrected chi connectivity index (χ0v) is 13.4. The summed E-state index contributed by atoms with van der Waals surface area (Å²) in [6, 6.07) is 5.36. The van der Waals surface area contributed by atoms with Crippen LogP contribution in [0.15, 0.2) is 18.2 Å². The van der Waals surface area contributed by atoms with Crippen LogP contribution in [0.25, 0.3) is 0 Å². The van der Waals surface area contributed by atoms with Gasteiger partial charge >= 0.3 is 6.29 Å². The van der Waals surface area contributed by atoms with Crippen molar-refractivity contribution >= 4 is 5.78 Å². The lowest BCUT2D eigenvalue weighted by atomic mass is 9.84. The predicted molar refractivity (Wildman–Crippen MR) is 80.8 cm³/mol. The third-order valence-corrected chi connectivity index (χ3v) is 4.82. The second-order valence-corrected chi connectivity index (χ2v) is 6.45. The van der Waals surface area contributed by atoms with E-state index in [0.717, 1.165) is 25.2 Å². The number of para-hydroxylation sites is 1. The molecule has 2 aliphatic heterocycles. The van der Waals surface area contributed by atoms with Crippen LogP contribution in [0.3, 0.4) is 0 Å². The summed E-state index contributed by atoms with van der Waals surface area (Å²) < 4.78 is 33.4. The van der Waals surface area contributed by atoms with Crippen LogP contribution in [0.1, 0.15) is 31.2 Å². The van der Waals surface area contributed by atoms with Crippen molar-refractivity contribution in [2.24, 2.45) is 5.92 Å². The number of carbonyl (C=O) groups excluding carboxylic acids is 1. The zero-order chi connectivity index (χ0) is 16.6. The Morgan fingerprint density at radius 3 is 2.78 bits per heavy atom. The summed E-state index contributed by atoms with van der Waals surface area (Å²) in [4.78, 5) is 13.5. The highest BCUT2D eigenvalue weighted by molar-refractivity contribution is 5.80. The van der Waals surface area contributed by atoms with E-state index in [-0.39, 0.29) is 11.5 Å². The first-order chi connectivity index (χ1) is 10.9. The van der Waals surface area contributed by atoms with Gasteiger partial charge in [0.1, 0.15) is 5.78 Å². The highest BCUT2D eigenvalue weighted by atomic mass is 19.3. The molecular formula is C17H21F2NO3. The van der Waals surface area contributed by atoms with Crippen molar-refractivity contribution in [2.75, 3.05) is 13.6 Å². The van der Waals surface area contributed by atoms with Crippen molar-refractivity contribution in [3.8, 4) is 11.5 Å². The Balaban J connectivity index is 0.000000136. The molecule has 1 aromatic rings. The number of fused-ring (bicyclic) bond motifs is 2. The van der Waals surface area contributed by atoms with E-state index >= 15 is 0 Å². The maximum Gasteiger partial charge on any atom is 0.586 e. The number of carbonyl (C=O) groups is 1. The first kappa shape index (κ1) is 16.2. The largest absolute Gasteiger partial charge is 0.586 e. The summed E-state index contributed by atoms with van der Waals surface area (Å²) in [5.41, 5.74) is 0.643. The monoisotopic (exact) mass is 325 g/mol. The molecule has 2 heterocycles. The lowest BCUT2D eigenvalue weighted by Crippen LogP contribution is -2.35. The molecule has 0 N–H and O–H groups in total. The van der Waals surface area contributed by atoms with Gasteiger partial charge < -0.3 is 14.4 Å². The molecule has 126 valence electrons. The lowest BCUT2D eigenvalue weighted by molar-refractivity contribution is -0.286. The SMILES string of the molecule is CN1CCC2CCC(=O)CC21.Cc1cccc2c1OC(F)(F)O2. The number of benzene rings is 1. The minimum absolute atomic E-state index is 0.0972. The van der Waals surface area contributed by atoms with Crippen LogP contribution in [0.4, 0.5) is 8.78 Å². The summed E-state index contributed by atoms with van der Waals surface area (Å²) >= 11 is 0. The second-order valence-electron chi connectivity index (χ2n) is 6.45. The molecule has 2 fully saturated rings. The Hall–Kier alpha value is -1.69. The van der Waals surface area contributed by atoms with E-state index in [4.69, 9.17) is 0 Å². The second kappa shape index (κ2) is 6.07. The van der Waals surface area contributed by atoms with Gasteiger partial charge in [0.2, 0.25) is 0 Å². The van der Waals surface area contributed by atoms with Gasteiger partial charge in [0.05, 0.1) is 0 Å². The average molecular weight is 325 g/mol. The van der Waals surface area contributed by atoms with Crippen LogP contribution in [-0.2, 0) is 4.79 Å². The number of hydrogen-bond donors (Lipinski definition) is 0. The smallest absolute Gasteiger partial charge is 0.395 e. The van der Waals surface area contributed by atoms with Crippen LogP contribution >= 0.6 is 0 Å². The molecule has 2 atom stereocenters. The molecule has 4 rings (SSSR count). The molecule has 6 heteroatoms. The first-order valence-electron chi connectivity index (χ1n) is 7.93. The topological polar surface area (TPSA) is 38.8 Å². The summed E-state index contributed by atoms with van der Waals surface area (Å²) in [6.07, 6.45) is 0.618. The molecule has 1 aromatic carbocycles. The summed E-state index contributed by atoms with van der Waals surface area (Å²) in [6.45, 7) is 2.88. The Bertz CT molecular complexity index is 606. The molecule has 3 aliphatic rings. The molecule has 4 nitrogen and oxygen atoms in total. The fraction of sp³-hybridized carbons (Fsp3) is 0.588. The van der Waals surface area contributed by atoms with Gasteiger partial charge in [-0.2, -0.15) is 0 Å². The van der Waals surface area contributed by atoms with Gasteiger partial charge in [-0.1, -0.05) is 12.1 Å². The predicted octanol–water partition coefficient (Wildman–Crippen LogP) is 3.38. The molecule has 0 amide bonds. The molecule has 0 radical (unpaired) electrons. The number of ketones is 1. The molecule has 0 spiro atoms. The number of rotatable bonds is 0. The van der Waals surface area contributed by atoms with Crippen molar-refractivity contribution in [2.45, 2.75) is 44.9 Å². The van der Waals surface area contributed by atoms with Gasteiger partial charge in [-0.25, -0.2) is 0 Å². The molecule has 23 heavy (non-hydrogen) atoms. The maximum atomic E-state index is 12.5. The summed E-state index contributed by atoms with van der Waals surface area (Å²) in [7, 11) is 2.14. The van der Waals surface area contributed by atoms with E-state index in [1.165, 1.54) is 19.0 Å². The van der Waals surface area contributed by atoms with Gasteiger partial charge in [-0.05, 0) is 50.9 Å². The molecule has 1 aliphatic carbocycles. The van der Waals surface area contributed by atoms with Crippen molar-refractivity contribution < 1.29 is 23.0 Å². The molecule has 1 saturated carbocycles. The number of ether oxygens (including phenoxy) is 2. The standard InChI is InChI=1S/C9H15NO.C8H6F2O2/c1-10-5-4-7-2-3-8(11)6-9(7)10;1-5-3-2-4-6-7(5)12-8(9,10)11-6/h7,9H,2-6H2,1H3;2-4H,1H3. The minimum Gasteiger partial charge on any atom is -0.395 e. The lowest BCUT2D eigenvalue weighted by Gasteiger charge is -2.28. The highest BCUT2D eigenvalue weighted by Gasteiger charge is 2.43. The van der Waals surface area contributed by atoms with Gasteiger partial charge in [-0.3, -0.25) is 4.79 Å². The maximum absolute atomic E-state index is 12.5. The van der Waals surface area contributed by atoms with E-state index < -0.39 is 6.29 Å². The van der Waals surface area contributed by atoms with Gasteiger partial charge in [0, 0.05) is 18.9 Å². The number of halogens is 2. The van der Waals surface area contributed by atoms with E-state index in [1.54, 1.807) is 19.1 Å². The molecule has 1 saturated heterocycles. The van der Waals surface area contributed by atoms with Crippen LogP contribution in [0.2, 0.25) is 0 Å². The van der Waals surface area contributed by atoms with E-state index in [2.05, 4.69) is 21.4 Å². The quantitative estimate of drug-likeness (QED) is 0.733. The number of hydrogen-bond acceptors (Lipinski definition) is 4. The minimum atomic E-state index is -3.51. The number of Topliss-reactive ketones (excluding diaryl/α,β-unsaturated/α-hetero) is 1. The van der Waals surface area contributed by atoms with Crippen molar-refractivity contribution in [1.29, 1.82) is 0 Å². The number of likely N-dealkylation sites (tertiary alicyclic amines) is 1. The number of alkyl halides is 2. The van der Waals surface area contributed by atoms with Gasteiger partial charge in [0.15, 0.2) is 11.5 Å². The Morgan fingerprint density at radius 1 is 1.26 bits per heavy atom. The highest BCUT2D eigenvalue weighted by Crippen LogP contribution is 2.42. The Labute approximate surface area is 134 Å². The van der Waals surface area contributed by atoms with E-state index in [1.807, 2.05) is 0 Å². The molecule has 0 aromatic heterocycles. The third-order valence-electron chi connectivity index (χ3n) is 4.82. The van der Waals surface area contributed by atoms with Crippen LogP contribution in [0, 0.1) is 12.8 Å². The van der Waals surface area contributed by atoms with Gasteiger partial charge in [-0.15, -0.1) is 8.78 Å². The van der Waals surface area contributed by atoms with Crippen molar-refractivity contribution in [1.82, 2.24) is 4.90 Å². The fourth-order valence-corrected chi connectivity index (χ4v) is 3.53. The fourth-order valence-electron chi connectivity index (χ4n) is 3.53. The van der Waals surface area contributed by atoms with Crippen LogP contribution in [0.5, 0.6) is 11.5 Å². The first-order valence-corrected chi connectivity index (χ1v) is 7.93. The van der Waals surface area contributed by atoms with Crippen molar-refractivity contribution in [3.63, 3.8) is 0 Å². The van der Waals surface area contributed by atoms with Crippen LogP contribution < -0.4 is 9.47 Å². The molecular weight excluding hydrogens is 304 g/mol. The zero-order valence-electron chi connectivity index (χ0n) is 13.4. The summed E-state index contributed by atoms with van der Waals surface area (Å²) in [5.74, 6) is 1.53. The Kier molecular flexibility index (Phi) is 4.27. The van der Waals surface area contributed by atoms with Gasteiger partial charge in [0.25, 0.3) is 0 Å². The third kappa shape index (κ3) is 3.47.